The summed E-state index contributed by atoms with van der Waals surface area (Å²) in [7, 11) is 1.49. The quantitative estimate of drug-likeness (QED) is 0.291. The number of ether oxygens (including phenoxy) is 1. The third kappa shape index (κ3) is 4.35. The average molecular weight is 452 g/mol. The van der Waals surface area contributed by atoms with Crippen LogP contribution in [0, 0.1) is 0 Å². The smallest absolute Gasteiger partial charge is 0.344 e. The molecule has 0 spiro atoms. The number of anilines is 3. The highest BCUT2D eigenvalue weighted by Gasteiger charge is 2.11. The maximum Gasteiger partial charge on any atom is 0.344 e. The molecule has 0 aliphatic heterocycles. The van der Waals surface area contributed by atoms with E-state index in [0.717, 1.165) is 0 Å². The Morgan fingerprint density at radius 2 is 1.47 bits per heavy atom. The van der Waals surface area contributed by atoms with Crippen LogP contribution in [0.5, 0.6) is 5.75 Å². The number of carbonyl (C=O) groups is 2. The molecule has 3 amide bonds. The lowest BCUT2D eigenvalue weighted by molar-refractivity contribution is -0.114. The topological polar surface area (TPSA) is 110 Å². The second kappa shape index (κ2) is 8.60. The number of nitrogens with one attached hydrogen (secondary N) is 3. The number of benzene rings is 3. The Labute approximate surface area is 187 Å². The predicted molar refractivity (Wildman–Crippen MR) is 125 cm³/mol. The van der Waals surface area contributed by atoms with Gasteiger partial charge in [-0.15, -0.1) is 0 Å². The average Bonchev–Trinajstić information content (AvgIpc) is 2.75. The molecule has 0 saturated carbocycles. The summed E-state index contributed by atoms with van der Waals surface area (Å²) in [4.78, 5) is 36.2. The van der Waals surface area contributed by atoms with Gasteiger partial charge in [0.1, 0.15) is 11.3 Å². The molecular weight excluding hydrogens is 434 g/mol. The maximum atomic E-state index is 12.5. The van der Waals surface area contributed by atoms with Gasteiger partial charge in [0.05, 0.1) is 17.5 Å². The van der Waals surface area contributed by atoms with Crippen molar-refractivity contribution < 1.29 is 18.7 Å². The summed E-state index contributed by atoms with van der Waals surface area (Å²) < 4.78 is 10.5. The Hall–Kier alpha value is -4.04. The van der Waals surface area contributed by atoms with Crippen LogP contribution >= 0.6 is 11.6 Å². The highest BCUT2D eigenvalue weighted by atomic mass is 35.5. The molecule has 9 heteroatoms. The number of rotatable bonds is 4. The van der Waals surface area contributed by atoms with E-state index in [-0.39, 0.29) is 5.91 Å². The van der Waals surface area contributed by atoms with Crippen molar-refractivity contribution in [2.24, 2.45) is 0 Å². The number of halogens is 1. The molecule has 0 aliphatic rings. The van der Waals surface area contributed by atoms with Crippen LogP contribution in [-0.2, 0) is 4.79 Å². The fourth-order valence-corrected chi connectivity index (χ4v) is 3.51. The second-order valence-electron chi connectivity index (χ2n) is 6.97. The summed E-state index contributed by atoms with van der Waals surface area (Å²) >= 11 is 6.01. The molecule has 0 fully saturated rings. The van der Waals surface area contributed by atoms with Gasteiger partial charge in [0.2, 0.25) is 5.91 Å². The first-order valence-corrected chi connectivity index (χ1v) is 9.91. The molecule has 0 aliphatic carbocycles. The fraction of sp³-hybridized carbons (Fsp3) is 0.0870. The predicted octanol–water partition coefficient (Wildman–Crippen LogP) is 5.21. The first kappa shape index (κ1) is 21.2. The Morgan fingerprint density at radius 1 is 0.844 bits per heavy atom. The summed E-state index contributed by atoms with van der Waals surface area (Å²) in [5.41, 5.74) is 1.40. The summed E-state index contributed by atoms with van der Waals surface area (Å²) in [6, 6.07) is 14.2. The standard InChI is InChI=1S/C23H18ClN3O5/c1-12(28)25-13-3-6-16-17(9-13)18-10-14(5-8-20(18)32-22(16)29)26-23(30)27-15-4-7-19(24)21(11-15)31-2/h3-11H,1-2H3,(H,25,28)(H2,26,27,30). The number of urea groups is 1. The largest absolute Gasteiger partial charge is 0.495 e. The van der Waals surface area contributed by atoms with E-state index in [4.69, 9.17) is 20.8 Å². The Kier molecular flexibility index (Phi) is 5.70. The van der Waals surface area contributed by atoms with Crippen LogP contribution in [0.25, 0.3) is 21.7 Å². The van der Waals surface area contributed by atoms with Crippen molar-refractivity contribution in [3.63, 3.8) is 0 Å². The van der Waals surface area contributed by atoms with E-state index >= 15 is 0 Å². The van der Waals surface area contributed by atoms with Gasteiger partial charge in [0.25, 0.3) is 0 Å². The molecular formula is C23H18ClN3O5. The van der Waals surface area contributed by atoms with Gasteiger partial charge in [-0.3, -0.25) is 4.79 Å². The van der Waals surface area contributed by atoms with E-state index in [0.29, 0.717) is 49.6 Å². The Balaban J connectivity index is 1.66. The van der Waals surface area contributed by atoms with E-state index < -0.39 is 11.7 Å². The molecule has 0 atom stereocenters. The molecule has 4 aromatic rings. The van der Waals surface area contributed by atoms with Gasteiger partial charge in [-0.2, -0.15) is 0 Å². The highest BCUT2D eigenvalue weighted by molar-refractivity contribution is 6.32. The van der Waals surface area contributed by atoms with Gasteiger partial charge in [-0.05, 0) is 48.5 Å². The van der Waals surface area contributed by atoms with Crippen LogP contribution in [0.3, 0.4) is 0 Å². The van der Waals surface area contributed by atoms with Gasteiger partial charge in [0.15, 0.2) is 0 Å². The van der Waals surface area contributed by atoms with Crippen LogP contribution in [0.2, 0.25) is 5.02 Å². The van der Waals surface area contributed by atoms with Crippen molar-refractivity contribution in [2.45, 2.75) is 6.92 Å². The van der Waals surface area contributed by atoms with Gasteiger partial charge < -0.3 is 25.1 Å². The molecule has 1 heterocycles. The normalized spacial score (nSPS) is 10.7. The second-order valence-corrected chi connectivity index (χ2v) is 7.38. The number of fused-ring (bicyclic) bond motifs is 3. The number of methoxy groups -OCH3 is 1. The molecule has 8 nitrogen and oxygen atoms in total. The zero-order valence-corrected chi connectivity index (χ0v) is 17.9. The van der Waals surface area contributed by atoms with Crippen molar-refractivity contribution in [2.75, 3.05) is 23.1 Å². The number of hydrogen-bond acceptors (Lipinski definition) is 5. The molecule has 3 N–H and O–H groups in total. The zero-order chi connectivity index (χ0) is 22.8. The van der Waals surface area contributed by atoms with Crippen LogP contribution in [-0.4, -0.2) is 19.0 Å². The lowest BCUT2D eigenvalue weighted by Gasteiger charge is -2.11. The Morgan fingerprint density at radius 3 is 2.19 bits per heavy atom. The minimum absolute atomic E-state index is 0.227. The molecule has 0 saturated heterocycles. The molecule has 0 bridgehead atoms. The van der Waals surface area contributed by atoms with Crippen molar-refractivity contribution in [3.8, 4) is 5.75 Å². The van der Waals surface area contributed by atoms with Crippen LogP contribution in [0.15, 0.2) is 63.8 Å². The van der Waals surface area contributed by atoms with E-state index in [1.54, 1.807) is 54.6 Å². The monoisotopic (exact) mass is 451 g/mol. The molecule has 162 valence electrons. The van der Waals surface area contributed by atoms with E-state index in [9.17, 15) is 14.4 Å². The molecule has 1 aromatic heterocycles. The van der Waals surface area contributed by atoms with Crippen LogP contribution in [0.4, 0.5) is 21.9 Å². The number of carbonyl (C=O) groups excluding carboxylic acids is 2. The molecule has 3 aromatic carbocycles. The zero-order valence-electron chi connectivity index (χ0n) is 17.1. The van der Waals surface area contributed by atoms with Gasteiger partial charge in [-0.25, -0.2) is 9.59 Å². The third-order valence-electron chi connectivity index (χ3n) is 4.70. The minimum atomic E-state index is -0.489. The van der Waals surface area contributed by atoms with Crippen molar-refractivity contribution in [3.05, 3.63) is 70.0 Å². The van der Waals surface area contributed by atoms with Crippen molar-refractivity contribution >= 4 is 62.3 Å². The lowest BCUT2D eigenvalue weighted by Crippen LogP contribution is -2.19. The maximum absolute atomic E-state index is 12.5. The van der Waals surface area contributed by atoms with E-state index in [1.807, 2.05) is 0 Å². The van der Waals surface area contributed by atoms with Crippen LogP contribution < -0.4 is 26.3 Å². The highest BCUT2D eigenvalue weighted by Crippen LogP contribution is 2.29. The van der Waals surface area contributed by atoms with Gasteiger partial charge in [-0.1, -0.05) is 11.6 Å². The SMILES string of the molecule is COc1cc(NC(=O)Nc2ccc3oc(=O)c4ccc(NC(C)=O)cc4c3c2)ccc1Cl. The molecule has 0 unspecified atom stereocenters. The molecule has 4 rings (SSSR count). The summed E-state index contributed by atoms with van der Waals surface area (Å²) in [5.74, 6) is 0.209. The van der Waals surface area contributed by atoms with Crippen LogP contribution in [0.1, 0.15) is 6.92 Å². The van der Waals surface area contributed by atoms with Crippen molar-refractivity contribution in [1.29, 1.82) is 0 Å². The summed E-state index contributed by atoms with van der Waals surface area (Å²) in [6.45, 7) is 1.40. The number of hydrogen-bond donors (Lipinski definition) is 3. The van der Waals surface area contributed by atoms with E-state index in [1.165, 1.54) is 14.0 Å². The summed E-state index contributed by atoms with van der Waals surface area (Å²) in [5, 5.41) is 10.1. The Bertz CT molecular complexity index is 1430. The third-order valence-corrected chi connectivity index (χ3v) is 5.01. The first-order chi connectivity index (χ1) is 15.3. The fourth-order valence-electron chi connectivity index (χ4n) is 3.32. The van der Waals surface area contributed by atoms with Crippen molar-refractivity contribution in [1.82, 2.24) is 0 Å². The van der Waals surface area contributed by atoms with Gasteiger partial charge >= 0.3 is 11.7 Å². The lowest BCUT2D eigenvalue weighted by atomic mass is 10.1. The molecule has 0 radical (unpaired) electrons. The van der Waals surface area contributed by atoms with E-state index in [2.05, 4.69) is 16.0 Å². The van der Waals surface area contributed by atoms with Gasteiger partial charge in [0, 0.05) is 40.8 Å². The first-order valence-electron chi connectivity index (χ1n) is 9.54. The number of amides is 3. The molecule has 32 heavy (non-hydrogen) atoms. The minimum Gasteiger partial charge on any atom is -0.495 e. The summed E-state index contributed by atoms with van der Waals surface area (Å²) in [6.07, 6.45) is 0.